The van der Waals surface area contributed by atoms with Crippen molar-refractivity contribution in [3.05, 3.63) is 28.2 Å². The monoisotopic (exact) mass is 339 g/mol. The average molecular weight is 340 g/mol. The molecule has 0 radical (unpaired) electrons. The third kappa shape index (κ3) is 6.29. The first-order chi connectivity index (χ1) is 8.81. The second kappa shape index (κ2) is 7.14. The first-order valence-corrected chi connectivity index (χ1v) is 6.84. The average Bonchev–Trinajstić information content (AvgIpc) is 2.30. The number of rotatable bonds is 6. The zero-order valence-electron chi connectivity index (χ0n) is 10.6. The molecule has 0 aliphatic heterocycles. The van der Waals surface area contributed by atoms with Gasteiger partial charge in [-0.3, -0.25) is 0 Å². The molecule has 1 aromatic carbocycles. The van der Waals surface area contributed by atoms with Gasteiger partial charge in [0.15, 0.2) is 0 Å². The summed E-state index contributed by atoms with van der Waals surface area (Å²) in [4.78, 5) is 0. The third-order valence-electron chi connectivity index (χ3n) is 2.66. The topological polar surface area (TPSA) is 35.2 Å². The van der Waals surface area contributed by atoms with Crippen molar-refractivity contribution in [1.29, 1.82) is 0 Å². The largest absolute Gasteiger partial charge is 0.492 e. The molecule has 0 spiro atoms. The second-order valence-electron chi connectivity index (χ2n) is 4.35. The summed E-state index contributed by atoms with van der Waals surface area (Å²) in [5.41, 5.74) is 6.88. The van der Waals surface area contributed by atoms with Gasteiger partial charge in [-0.25, -0.2) is 0 Å². The molecular formula is C13H17BrF3NO. The molecule has 1 atom stereocenters. The van der Waals surface area contributed by atoms with Crippen molar-refractivity contribution < 1.29 is 17.9 Å². The Kier molecular flexibility index (Phi) is 6.13. The van der Waals surface area contributed by atoms with E-state index in [9.17, 15) is 13.2 Å². The Bertz CT molecular complexity index is 409. The van der Waals surface area contributed by atoms with Gasteiger partial charge in [0.05, 0.1) is 17.5 Å². The number of hydrogen-bond acceptors (Lipinski definition) is 2. The lowest BCUT2D eigenvalue weighted by molar-refractivity contribution is -0.139. The number of alkyl halides is 3. The third-order valence-corrected chi connectivity index (χ3v) is 3.28. The van der Waals surface area contributed by atoms with Crippen molar-refractivity contribution in [3.63, 3.8) is 0 Å². The van der Waals surface area contributed by atoms with Crippen LogP contribution in [-0.4, -0.2) is 18.8 Å². The minimum atomic E-state index is -4.19. The van der Waals surface area contributed by atoms with Gasteiger partial charge in [-0.05, 0) is 46.5 Å². The molecule has 0 saturated carbocycles. The quantitative estimate of drug-likeness (QED) is 0.848. The minimum Gasteiger partial charge on any atom is -0.492 e. The van der Waals surface area contributed by atoms with E-state index in [1.165, 1.54) is 0 Å². The van der Waals surface area contributed by atoms with Crippen LogP contribution < -0.4 is 10.5 Å². The Morgan fingerprint density at radius 3 is 2.58 bits per heavy atom. The van der Waals surface area contributed by atoms with Crippen molar-refractivity contribution >= 4 is 15.9 Å². The second-order valence-corrected chi connectivity index (χ2v) is 5.21. The van der Waals surface area contributed by atoms with Crippen molar-refractivity contribution in [2.75, 3.05) is 6.61 Å². The van der Waals surface area contributed by atoms with E-state index in [0.29, 0.717) is 10.2 Å². The highest BCUT2D eigenvalue weighted by atomic mass is 79.9. The molecule has 0 amide bonds. The molecule has 1 rings (SSSR count). The van der Waals surface area contributed by atoms with Crippen LogP contribution in [0.5, 0.6) is 5.75 Å². The summed E-state index contributed by atoms with van der Waals surface area (Å²) in [6.07, 6.45) is -3.54. The van der Waals surface area contributed by atoms with Crippen LogP contribution in [0.25, 0.3) is 0 Å². The Balaban J connectivity index is 2.57. The zero-order valence-corrected chi connectivity index (χ0v) is 12.2. The van der Waals surface area contributed by atoms with Gasteiger partial charge >= 0.3 is 6.18 Å². The van der Waals surface area contributed by atoms with E-state index in [1.807, 2.05) is 19.1 Å². The fourth-order valence-corrected chi connectivity index (χ4v) is 2.05. The zero-order chi connectivity index (χ0) is 14.5. The molecule has 6 heteroatoms. The van der Waals surface area contributed by atoms with Gasteiger partial charge in [-0.15, -0.1) is 0 Å². The number of nitrogens with two attached hydrogens (primary N) is 1. The smallest absolute Gasteiger partial charge is 0.392 e. The van der Waals surface area contributed by atoms with Crippen LogP contribution in [0.1, 0.15) is 25.3 Å². The van der Waals surface area contributed by atoms with Gasteiger partial charge < -0.3 is 10.5 Å². The molecule has 2 N–H and O–H groups in total. The predicted molar refractivity (Wildman–Crippen MR) is 72.3 cm³/mol. The number of hydrogen-bond donors (Lipinski definition) is 1. The lowest BCUT2D eigenvalue weighted by Gasteiger charge is -2.12. The van der Waals surface area contributed by atoms with Gasteiger partial charge in [0.2, 0.25) is 0 Å². The van der Waals surface area contributed by atoms with Crippen LogP contribution in [-0.2, 0) is 6.42 Å². The molecule has 0 fully saturated rings. The molecule has 1 aromatic rings. The minimum absolute atomic E-state index is 0.0869. The first kappa shape index (κ1) is 16.3. The molecular weight excluding hydrogens is 323 g/mol. The molecule has 19 heavy (non-hydrogen) atoms. The summed E-state index contributed by atoms with van der Waals surface area (Å²) >= 11 is 3.29. The van der Waals surface area contributed by atoms with Crippen molar-refractivity contribution in [3.8, 4) is 5.75 Å². The maximum absolute atomic E-state index is 12.0. The molecule has 0 aliphatic rings. The predicted octanol–water partition coefficient (Wildman–Crippen LogP) is 4.06. The van der Waals surface area contributed by atoms with Crippen LogP contribution in [0.4, 0.5) is 13.2 Å². The summed E-state index contributed by atoms with van der Waals surface area (Å²) in [6.45, 7) is 1.63. The summed E-state index contributed by atoms with van der Waals surface area (Å²) < 4.78 is 41.7. The molecule has 108 valence electrons. The number of benzene rings is 1. The molecule has 0 heterocycles. The van der Waals surface area contributed by atoms with Crippen molar-refractivity contribution in [2.24, 2.45) is 5.73 Å². The molecule has 0 saturated heterocycles. The van der Waals surface area contributed by atoms with Crippen LogP contribution in [0.15, 0.2) is 22.7 Å². The standard InChI is InChI=1S/C13H17BrF3NO/c1-2-10(18)7-9-3-4-12(11(14)8-9)19-6-5-13(15,16)17/h3-4,8,10H,2,5-7,18H2,1H3. The Hall–Kier alpha value is -0.750. The highest BCUT2D eigenvalue weighted by Crippen LogP contribution is 2.28. The molecule has 0 aliphatic carbocycles. The molecule has 2 nitrogen and oxygen atoms in total. The van der Waals surface area contributed by atoms with Gasteiger partial charge in [0, 0.05) is 6.04 Å². The van der Waals surface area contributed by atoms with E-state index in [-0.39, 0.29) is 12.6 Å². The van der Waals surface area contributed by atoms with E-state index >= 15 is 0 Å². The van der Waals surface area contributed by atoms with E-state index < -0.39 is 12.6 Å². The Morgan fingerprint density at radius 1 is 1.37 bits per heavy atom. The van der Waals surface area contributed by atoms with Crippen molar-refractivity contribution in [1.82, 2.24) is 0 Å². The van der Waals surface area contributed by atoms with Crippen LogP contribution in [0.3, 0.4) is 0 Å². The fourth-order valence-electron chi connectivity index (χ4n) is 1.51. The summed E-state index contributed by atoms with van der Waals surface area (Å²) in [5.74, 6) is 0.415. The SMILES string of the molecule is CCC(N)Cc1ccc(OCCC(F)(F)F)c(Br)c1. The maximum atomic E-state index is 12.0. The van der Waals surface area contributed by atoms with E-state index in [1.54, 1.807) is 6.07 Å². The summed E-state index contributed by atoms with van der Waals surface area (Å²) in [6, 6.07) is 5.41. The van der Waals surface area contributed by atoms with Gasteiger partial charge in [0.1, 0.15) is 5.75 Å². The summed E-state index contributed by atoms with van der Waals surface area (Å²) in [7, 11) is 0. The van der Waals surface area contributed by atoms with Gasteiger partial charge in [-0.2, -0.15) is 13.2 Å². The number of halogens is 4. The van der Waals surface area contributed by atoms with E-state index in [2.05, 4.69) is 15.9 Å². The van der Waals surface area contributed by atoms with Crippen LogP contribution in [0.2, 0.25) is 0 Å². The van der Waals surface area contributed by atoms with Crippen LogP contribution in [0, 0.1) is 0 Å². The van der Waals surface area contributed by atoms with Crippen molar-refractivity contribution in [2.45, 2.75) is 38.4 Å². The molecule has 0 aromatic heterocycles. The summed E-state index contributed by atoms with van der Waals surface area (Å²) in [5, 5.41) is 0. The van der Waals surface area contributed by atoms with E-state index in [4.69, 9.17) is 10.5 Å². The molecule has 0 bridgehead atoms. The Morgan fingerprint density at radius 2 is 2.05 bits per heavy atom. The van der Waals surface area contributed by atoms with Gasteiger partial charge in [0.25, 0.3) is 0 Å². The molecule has 1 unspecified atom stereocenters. The van der Waals surface area contributed by atoms with E-state index in [0.717, 1.165) is 18.4 Å². The van der Waals surface area contributed by atoms with Crippen LogP contribution >= 0.6 is 15.9 Å². The lowest BCUT2D eigenvalue weighted by Crippen LogP contribution is -2.21. The highest BCUT2D eigenvalue weighted by Gasteiger charge is 2.26. The lowest BCUT2D eigenvalue weighted by atomic mass is 10.0. The number of ether oxygens (including phenoxy) is 1. The van der Waals surface area contributed by atoms with Gasteiger partial charge in [-0.1, -0.05) is 13.0 Å². The maximum Gasteiger partial charge on any atom is 0.392 e. The Labute approximate surface area is 119 Å². The highest BCUT2D eigenvalue weighted by molar-refractivity contribution is 9.10. The fraction of sp³-hybridized carbons (Fsp3) is 0.538. The normalized spacial score (nSPS) is 13.4. The first-order valence-electron chi connectivity index (χ1n) is 6.05.